The molecule has 2 heteroatoms. The van der Waals surface area contributed by atoms with E-state index in [-0.39, 0.29) is 0 Å². The predicted octanol–water partition coefficient (Wildman–Crippen LogP) is 3.99. The number of anilines is 2. The Labute approximate surface area is 89.2 Å². The molecule has 0 atom stereocenters. The summed E-state index contributed by atoms with van der Waals surface area (Å²) in [5.41, 5.74) is 2.11. The van der Waals surface area contributed by atoms with E-state index in [0.717, 1.165) is 16.3 Å². The first-order chi connectivity index (χ1) is 6.84. The van der Waals surface area contributed by atoms with Crippen LogP contribution in [-0.2, 0) is 0 Å². The van der Waals surface area contributed by atoms with Crippen molar-refractivity contribution in [3.8, 4) is 0 Å². The minimum Gasteiger partial charge on any atom is -0.355 e. The maximum atomic E-state index is 5.08. The normalized spacial score (nSPS) is 9.71. The second-order valence-corrected chi connectivity index (χ2v) is 3.49. The highest BCUT2D eigenvalue weighted by atomic mass is 32.1. The minimum atomic E-state index is 0.853. The quantitative estimate of drug-likeness (QED) is 0.773. The van der Waals surface area contributed by atoms with Crippen LogP contribution in [0.5, 0.6) is 0 Å². The predicted molar refractivity (Wildman–Crippen MR) is 62.0 cm³/mol. The molecule has 69 valence electrons. The topological polar surface area (TPSA) is 12.0 Å². The van der Waals surface area contributed by atoms with Gasteiger partial charge in [-0.15, -0.1) is 0 Å². The maximum absolute atomic E-state index is 5.08. The summed E-state index contributed by atoms with van der Waals surface area (Å²) in [6.45, 7) is 0. The van der Waals surface area contributed by atoms with E-state index in [4.69, 9.17) is 12.6 Å². The molecule has 2 aromatic carbocycles. The van der Waals surface area contributed by atoms with Gasteiger partial charge in [-0.25, -0.2) is 0 Å². The Morgan fingerprint density at radius 3 is 2.21 bits per heavy atom. The Morgan fingerprint density at radius 1 is 0.786 bits per heavy atom. The molecule has 2 aromatic rings. The fraction of sp³-hybridized carbons (Fsp3) is 0. The second kappa shape index (κ2) is 4.11. The van der Waals surface area contributed by atoms with Gasteiger partial charge in [-0.05, 0) is 30.3 Å². The van der Waals surface area contributed by atoms with Gasteiger partial charge in [-0.1, -0.05) is 36.9 Å². The fourth-order valence-electron chi connectivity index (χ4n) is 1.26. The van der Waals surface area contributed by atoms with Gasteiger partial charge in [0, 0.05) is 16.3 Å². The zero-order chi connectivity index (χ0) is 9.80. The van der Waals surface area contributed by atoms with Gasteiger partial charge in [-0.3, -0.25) is 0 Å². The molecule has 0 saturated carbocycles. The van der Waals surface area contributed by atoms with Crippen LogP contribution in [0.25, 0.3) is 0 Å². The van der Waals surface area contributed by atoms with Gasteiger partial charge < -0.3 is 5.32 Å². The van der Waals surface area contributed by atoms with Crippen LogP contribution >= 0.6 is 12.6 Å². The van der Waals surface area contributed by atoms with Crippen LogP contribution in [0.2, 0.25) is 0 Å². The van der Waals surface area contributed by atoms with Crippen molar-refractivity contribution in [3.63, 3.8) is 0 Å². The van der Waals surface area contributed by atoms with E-state index in [2.05, 4.69) is 5.32 Å². The average Bonchev–Trinajstić information content (AvgIpc) is 2.19. The minimum absolute atomic E-state index is 0.853. The molecule has 0 aliphatic carbocycles. The number of benzene rings is 2. The molecule has 1 radical (unpaired) electrons. The van der Waals surface area contributed by atoms with Gasteiger partial charge >= 0.3 is 0 Å². The molecular formula is C12H10NS. The van der Waals surface area contributed by atoms with Gasteiger partial charge in [-0.2, -0.15) is 0 Å². The number of rotatable bonds is 2. The lowest BCUT2D eigenvalue weighted by molar-refractivity contribution is 1.44. The molecule has 0 fully saturated rings. The molecule has 1 nitrogen and oxygen atoms in total. The van der Waals surface area contributed by atoms with Gasteiger partial charge in [0.2, 0.25) is 0 Å². The van der Waals surface area contributed by atoms with E-state index in [9.17, 15) is 0 Å². The summed E-state index contributed by atoms with van der Waals surface area (Å²) in [5, 5.41) is 3.28. The average molecular weight is 200 g/mol. The van der Waals surface area contributed by atoms with Crippen LogP contribution in [0.15, 0.2) is 59.5 Å². The summed E-state index contributed by atoms with van der Waals surface area (Å²) in [4.78, 5) is 0.853. The van der Waals surface area contributed by atoms with E-state index in [1.54, 1.807) is 0 Å². The van der Waals surface area contributed by atoms with Crippen LogP contribution in [0.3, 0.4) is 0 Å². The lowest BCUT2D eigenvalue weighted by atomic mass is 10.3. The number of hydrogen-bond acceptors (Lipinski definition) is 1. The Kier molecular flexibility index (Phi) is 2.65. The first kappa shape index (κ1) is 9.03. The van der Waals surface area contributed by atoms with Gasteiger partial charge in [0.25, 0.3) is 0 Å². The summed E-state index contributed by atoms with van der Waals surface area (Å²) in [6.07, 6.45) is 0. The maximum Gasteiger partial charge on any atom is 0.0398 e. The van der Waals surface area contributed by atoms with Crippen molar-refractivity contribution in [2.24, 2.45) is 0 Å². The fourth-order valence-corrected chi connectivity index (χ4v) is 1.47. The molecule has 0 aliphatic heterocycles. The molecular weight excluding hydrogens is 190 g/mol. The standard InChI is InChI=1S/C12H10NS/c14-12-8-4-7-11(9-12)13-10-5-2-1-3-6-10/h1-9,13H. The van der Waals surface area contributed by atoms with Crippen molar-refractivity contribution in [2.75, 3.05) is 5.32 Å². The molecule has 0 heterocycles. The Bertz CT molecular complexity index is 412. The van der Waals surface area contributed by atoms with Crippen LogP contribution in [-0.4, -0.2) is 0 Å². The Hall–Kier alpha value is -1.54. The smallest absolute Gasteiger partial charge is 0.0398 e. The molecule has 0 aliphatic rings. The molecule has 0 aromatic heterocycles. The number of para-hydroxylation sites is 1. The molecule has 0 amide bonds. The number of nitrogens with one attached hydrogen (secondary N) is 1. The highest BCUT2D eigenvalue weighted by Crippen LogP contribution is 2.18. The highest BCUT2D eigenvalue weighted by molar-refractivity contribution is 7.80. The summed E-state index contributed by atoms with van der Waals surface area (Å²) < 4.78 is 0. The van der Waals surface area contributed by atoms with Crippen molar-refractivity contribution in [1.82, 2.24) is 0 Å². The van der Waals surface area contributed by atoms with Crippen molar-refractivity contribution in [2.45, 2.75) is 4.90 Å². The van der Waals surface area contributed by atoms with Crippen LogP contribution in [0, 0.1) is 0 Å². The molecule has 0 bridgehead atoms. The monoisotopic (exact) mass is 200 g/mol. The van der Waals surface area contributed by atoms with Crippen LogP contribution in [0.4, 0.5) is 11.4 Å². The van der Waals surface area contributed by atoms with Crippen molar-refractivity contribution < 1.29 is 0 Å². The third-order valence-electron chi connectivity index (χ3n) is 1.90. The van der Waals surface area contributed by atoms with Crippen molar-refractivity contribution in [1.29, 1.82) is 0 Å². The zero-order valence-electron chi connectivity index (χ0n) is 7.60. The molecule has 0 unspecified atom stereocenters. The van der Waals surface area contributed by atoms with Crippen molar-refractivity contribution >= 4 is 24.0 Å². The summed E-state index contributed by atoms with van der Waals surface area (Å²) in [7, 11) is 0. The van der Waals surface area contributed by atoms with Crippen LogP contribution in [0.1, 0.15) is 0 Å². The molecule has 2 rings (SSSR count). The number of hydrogen-bond donors (Lipinski definition) is 1. The largest absolute Gasteiger partial charge is 0.355 e. The second-order valence-electron chi connectivity index (χ2n) is 3.02. The molecule has 0 spiro atoms. The molecule has 14 heavy (non-hydrogen) atoms. The van der Waals surface area contributed by atoms with E-state index in [1.807, 2.05) is 54.6 Å². The van der Waals surface area contributed by atoms with E-state index in [1.165, 1.54) is 0 Å². The van der Waals surface area contributed by atoms with Gasteiger partial charge in [0.05, 0.1) is 0 Å². The summed E-state index contributed by atoms with van der Waals surface area (Å²) >= 11 is 5.08. The lowest BCUT2D eigenvalue weighted by Crippen LogP contribution is -1.88. The van der Waals surface area contributed by atoms with E-state index in [0.29, 0.717) is 0 Å². The van der Waals surface area contributed by atoms with E-state index >= 15 is 0 Å². The Balaban J connectivity index is 2.19. The third kappa shape index (κ3) is 2.24. The summed E-state index contributed by atoms with van der Waals surface area (Å²) in [5.74, 6) is 0. The highest BCUT2D eigenvalue weighted by Gasteiger charge is 1.93. The third-order valence-corrected chi connectivity index (χ3v) is 2.15. The Morgan fingerprint density at radius 2 is 1.50 bits per heavy atom. The summed E-state index contributed by atoms with van der Waals surface area (Å²) in [6, 6.07) is 17.9. The van der Waals surface area contributed by atoms with E-state index < -0.39 is 0 Å². The van der Waals surface area contributed by atoms with Crippen LogP contribution < -0.4 is 5.32 Å². The SMILES string of the molecule is [S]c1cccc(Nc2ccccc2)c1. The lowest BCUT2D eigenvalue weighted by Gasteiger charge is -2.05. The first-order valence-electron chi connectivity index (χ1n) is 4.44. The first-order valence-corrected chi connectivity index (χ1v) is 4.84. The van der Waals surface area contributed by atoms with Gasteiger partial charge in [0.1, 0.15) is 0 Å². The molecule has 0 saturated heterocycles. The van der Waals surface area contributed by atoms with Crippen molar-refractivity contribution in [3.05, 3.63) is 54.6 Å². The van der Waals surface area contributed by atoms with Gasteiger partial charge in [0.15, 0.2) is 0 Å². The molecule has 1 N–H and O–H groups in total. The zero-order valence-corrected chi connectivity index (χ0v) is 8.42.